The predicted octanol–water partition coefficient (Wildman–Crippen LogP) is 3.27. The molecular weight excluding hydrogens is 405 g/mol. The third kappa shape index (κ3) is 5.94. The van der Waals surface area contributed by atoms with Crippen LogP contribution in [0.1, 0.15) is 5.76 Å². The van der Waals surface area contributed by atoms with Gasteiger partial charge in [-0.25, -0.2) is 4.79 Å². The van der Waals surface area contributed by atoms with Gasteiger partial charge in [0.25, 0.3) is 0 Å². The maximum atomic E-state index is 12.4. The van der Waals surface area contributed by atoms with E-state index in [1.54, 1.807) is 25.3 Å². The molecule has 3 rings (SSSR count). The van der Waals surface area contributed by atoms with Crippen LogP contribution in [-0.2, 0) is 17.0 Å². The van der Waals surface area contributed by atoms with Crippen molar-refractivity contribution in [3.63, 3.8) is 0 Å². The smallest absolute Gasteiger partial charge is 0.488 e. The normalized spacial score (nSPS) is 11.0. The molecule has 2 amide bonds. The van der Waals surface area contributed by atoms with Crippen molar-refractivity contribution >= 4 is 22.2 Å². The summed E-state index contributed by atoms with van der Waals surface area (Å²) in [4.78, 5) is 12.0. The molecular formula is C18H16FN3O6S. The molecule has 152 valence electrons. The molecule has 1 aromatic heterocycles. The standard InChI is InChI=1S/C18H16FN3O6S/c1-26-14-6-2-12(3-7-14)17-10-16(27-22-17)11-20-18(23)21-13-4-8-15(9-5-13)28-29(19,24)25/h2-10H,11H2,1H3,(H2,20,21,23). The number of nitrogens with zero attached hydrogens (tertiary/aromatic N) is 1. The summed E-state index contributed by atoms with van der Waals surface area (Å²) in [5, 5.41) is 9.08. The zero-order valence-corrected chi connectivity index (χ0v) is 15.9. The highest BCUT2D eigenvalue weighted by molar-refractivity contribution is 7.81. The molecule has 0 aliphatic carbocycles. The first-order chi connectivity index (χ1) is 13.8. The lowest BCUT2D eigenvalue weighted by Crippen LogP contribution is -2.27. The van der Waals surface area contributed by atoms with Crippen molar-refractivity contribution in [3.05, 3.63) is 60.4 Å². The molecule has 0 spiro atoms. The van der Waals surface area contributed by atoms with Crippen LogP contribution in [0.15, 0.2) is 59.1 Å². The van der Waals surface area contributed by atoms with Gasteiger partial charge in [0.2, 0.25) is 0 Å². The number of halogens is 1. The van der Waals surface area contributed by atoms with E-state index in [1.807, 2.05) is 12.1 Å². The Kier molecular flexibility index (Phi) is 5.98. The Bertz CT molecular complexity index is 1080. The van der Waals surface area contributed by atoms with E-state index in [0.717, 1.165) is 11.3 Å². The Labute approximate surface area is 165 Å². The second-order valence-electron chi connectivity index (χ2n) is 5.72. The van der Waals surface area contributed by atoms with Crippen molar-refractivity contribution in [3.8, 4) is 22.8 Å². The molecule has 2 aromatic carbocycles. The maximum absolute atomic E-state index is 12.4. The second-order valence-corrected chi connectivity index (χ2v) is 6.67. The van der Waals surface area contributed by atoms with E-state index in [1.165, 1.54) is 24.3 Å². The van der Waals surface area contributed by atoms with Crippen LogP contribution in [0, 0.1) is 0 Å². The molecule has 0 atom stereocenters. The second kappa shape index (κ2) is 8.61. The molecule has 11 heteroatoms. The molecule has 0 unspecified atom stereocenters. The average molecular weight is 421 g/mol. The summed E-state index contributed by atoms with van der Waals surface area (Å²) >= 11 is 0. The summed E-state index contributed by atoms with van der Waals surface area (Å²) in [7, 11) is -3.52. The molecule has 0 aliphatic rings. The molecule has 0 aliphatic heterocycles. The van der Waals surface area contributed by atoms with Gasteiger partial charge < -0.3 is 24.1 Å². The number of aromatic nitrogens is 1. The van der Waals surface area contributed by atoms with E-state index in [0.29, 0.717) is 17.1 Å². The van der Waals surface area contributed by atoms with Crippen LogP contribution in [0.25, 0.3) is 11.3 Å². The number of ether oxygens (including phenoxy) is 1. The highest BCUT2D eigenvalue weighted by Gasteiger charge is 2.11. The maximum Gasteiger partial charge on any atom is 0.488 e. The highest BCUT2D eigenvalue weighted by atomic mass is 32.3. The average Bonchev–Trinajstić information content (AvgIpc) is 3.16. The fraction of sp³-hybridized carbons (Fsp3) is 0.111. The van der Waals surface area contributed by atoms with Gasteiger partial charge in [0.05, 0.1) is 13.7 Å². The van der Waals surface area contributed by atoms with Gasteiger partial charge in [0.15, 0.2) is 5.76 Å². The number of hydrogen-bond acceptors (Lipinski definition) is 7. The van der Waals surface area contributed by atoms with Crippen LogP contribution in [0.4, 0.5) is 14.4 Å². The number of nitrogens with one attached hydrogen (secondary N) is 2. The number of urea groups is 1. The van der Waals surface area contributed by atoms with Crippen LogP contribution >= 0.6 is 0 Å². The summed E-state index contributed by atoms with van der Waals surface area (Å²) in [6, 6.07) is 13.6. The minimum atomic E-state index is -5.10. The third-order valence-corrected chi connectivity index (χ3v) is 4.07. The van der Waals surface area contributed by atoms with Crippen molar-refractivity contribution in [2.45, 2.75) is 6.54 Å². The van der Waals surface area contributed by atoms with E-state index < -0.39 is 16.5 Å². The number of benzene rings is 2. The van der Waals surface area contributed by atoms with Crippen LogP contribution in [0.5, 0.6) is 11.5 Å². The minimum absolute atomic E-state index is 0.0935. The minimum Gasteiger partial charge on any atom is -0.497 e. The van der Waals surface area contributed by atoms with E-state index in [2.05, 4.69) is 20.0 Å². The number of anilines is 1. The molecule has 29 heavy (non-hydrogen) atoms. The van der Waals surface area contributed by atoms with Crippen molar-refractivity contribution < 1.29 is 30.5 Å². The lowest BCUT2D eigenvalue weighted by molar-refractivity contribution is 0.250. The number of rotatable bonds is 7. The Morgan fingerprint density at radius 2 is 1.76 bits per heavy atom. The fourth-order valence-corrected chi connectivity index (χ4v) is 2.69. The molecule has 9 nitrogen and oxygen atoms in total. The quantitative estimate of drug-likeness (QED) is 0.562. The van der Waals surface area contributed by atoms with Gasteiger partial charge >= 0.3 is 16.5 Å². The van der Waals surface area contributed by atoms with E-state index >= 15 is 0 Å². The van der Waals surface area contributed by atoms with Gasteiger partial charge in [0, 0.05) is 17.3 Å². The zero-order chi connectivity index (χ0) is 20.9. The first kappa shape index (κ1) is 20.1. The van der Waals surface area contributed by atoms with Crippen LogP contribution < -0.4 is 19.6 Å². The van der Waals surface area contributed by atoms with E-state index in [4.69, 9.17) is 9.26 Å². The number of carbonyl (C=O) groups is 1. The van der Waals surface area contributed by atoms with Gasteiger partial charge in [-0.3, -0.25) is 0 Å². The molecule has 3 aromatic rings. The lowest BCUT2D eigenvalue weighted by Gasteiger charge is -2.07. The van der Waals surface area contributed by atoms with Gasteiger partial charge in [-0.05, 0) is 48.5 Å². The van der Waals surface area contributed by atoms with E-state index in [-0.39, 0.29) is 12.3 Å². The number of amides is 2. The van der Waals surface area contributed by atoms with Gasteiger partial charge in [-0.2, -0.15) is 8.42 Å². The molecule has 1 heterocycles. The Hall–Kier alpha value is -3.60. The largest absolute Gasteiger partial charge is 0.497 e. The Balaban J connectivity index is 1.52. The van der Waals surface area contributed by atoms with Crippen LogP contribution in [0.3, 0.4) is 0 Å². The summed E-state index contributed by atoms with van der Waals surface area (Å²) in [5.41, 5.74) is 1.80. The Morgan fingerprint density at radius 1 is 1.10 bits per heavy atom. The van der Waals surface area contributed by atoms with E-state index in [9.17, 15) is 17.1 Å². The monoisotopic (exact) mass is 421 g/mol. The van der Waals surface area contributed by atoms with Gasteiger partial charge in [0.1, 0.15) is 17.2 Å². The van der Waals surface area contributed by atoms with Gasteiger partial charge in [-0.15, -0.1) is 0 Å². The first-order valence-corrected chi connectivity index (χ1v) is 9.52. The molecule has 0 radical (unpaired) electrons. The van der Waals surface area contributed by atoms with Crippen molar-refractivity contribution in [1.29, 1.82) is 0 Å². The fourth-order valence-electron chi connectivity index (χ4n) is 2.35. The molecule has 0 saturated heterocycles. The van der Waals surface area contributed by atoms with Crippen molar-refractivity contribution in [2.75, 3.05) is 12.4 Å². The SMILES string of the molecule is COc1ccc(-c2cc(CNC(=O)Nc3ccc(OS(=O)(=O)F)cc3)on2)cc1. The Morgan fingerprint density at radius 3 is 2.38 bits per heavy atom. The molecule has 0 bridgehead atoms. The topological polar surface area (TPSA) is 120 Å². The van der Waals surface area contributed by atoms with Crippen LogP contribution in [-0.4, -0.2) is 26.7 Å². The molecule has 0 fully saturated rings. The number of methoxy groups -OCH3 is 1. The summed E-state index contributed by atoms with van der Waals surface area (Å²) < 4.78 is 47.7. The summed E-state index contributed by atoms with van der Waals surface area (Å²) in [6.45, 7) is 0.0935. The number of carbonyl (C=O) groups excluding carboxylic acids is 1. The zero-order valence-electron chi connectivity index (χ0n) is 15.1. The third-order valence-electron chi connectivity index (χ3n) is 3.68. The van der Waals surface area contributed by atoms with Crippen molar-refractivity contribution in [1.82, 2.24) is 10.5 Å². The number of hydrogen-bond donors (Lipinski definition) is 2. The molecule has 0 saturated carbocycles. The first-order valence-electron chi connectivity index (χ1n) is 8.21. The van der Waals surface area contributed by atoms with Gasteiger partial charge in [-0.1, -0.05) is 9.04 Å². The highest BCUT2D eigenvalue weighted by Crippen LogP contribution is 2.22. The summed E-state index contributed by atoms with van der Waals surface area (Å²) in [5.74, 6) is 0.954. The van der Waals surface area contributed by atoms with Crippen molar-refractivity contribution in [2.24, 2.45) is 0 Å². The summed E-state index contributed by atoms with van der Waals surface area (Å²) in [6.07, 6.45) is 0. The molecule has 2 N–H and O–H groups in total. The lowest BCUT2D eigenvalue weighted by atomic mass is 10.1. The predicted molar refractivity (Wildman–Crippen MR) is 101 cm³/mol. The van der Waals surface area contributed by atoms with Crippen LogP contribution in [0.2, 0.25) is 0 Å².